The van der Waals surface area contributed by atoms with Gasteiger partial charge in [-0.15, -0.1) is 0 Å². The van der Waals surface area contributed by atoms with Gasteiger partial charge in [0.15, 0.2) is 0 Å². The van der Waals surface area contributed by atoms with Crippen molar-refractivity contribution in [2.75, 3.05) is 13.2 Å². The number of allylic oxidation sites excluding steroid dienone is 3. The zero-order valence-corrected chi connectivity index (χ0v) is 40.9. The van der Waals surface area contributed by atoms with Crippen LogP contribution in [0.25, 0.3) is 0 Å². The number of rotatable bonds is 50. The molecule has 0 rings (SSSR count). The maximum Gasteiger partial charge on any atom is 0.305 e. The lowest BCUT2D eigenvalue weighted by molar-refractivity contribution is -0.143. The minimum absolute atomic E-state index is 0.00696. The Kier molecular flexibility index (Phi) is 49.6. The van der Waals surface area contributed by atoms with Gasteiger partial charge in [0.25, 0.3) is 0 Å². The third-order valence-electron chi connectivity index (χ3n) is 12.5. The Balaban J connectivity index is 3.44. The van der Waals surface area contributed by atoms with Crippen LogP contribution in [0.2, 0.25) is 0 Å². The number of hydrogen-bond acceptors (Lipinski definition) is 5. The summed E-state index contributed by atoms with van der Waals surface area (Å²) in [6.07, 6.45) is 60.5. The zero-order valence-electron chi connectivity index (χ0n) is 40.9. The van der Waals surface area contributed by atoms with Crippen LogP contribution in [0.5, 0.6) is 0 Å². The third kappa shape index (κ3) is 47.7. The fourth-order valence-electron chi connectivity index (χ4n) is 8.27. The smallest absolute Gasteiger partial charge is 0.305 e. The van der Waals surface area contributed by atoms with E-state index in [9.17, 15) is 19.8 Å². The average Bonchev–Trinajstić information content (AvgIpc) is 3.26. The van der Waals surface area contributed by atoms with Crippen LogP contribution in [-0.4, -0.2) is 47.4 Å². The molecular formula is C55H105NO5. The van der Waals surface area contributed by atoms with Crippen LogP contribution in [0.1, 0.15) is 290 Å². The van der Waals surface area contributed by atoms with Gasteiger partial charge in [0.1, 0.15) is 0 Å². The molecule has 2 atom stereocenters. The highest BCUT2D eigenvalue weighted by molar-refractivity contribution is 5.76. The van der Waals surface area contributed by atoms with Crippen molar-refractivity contribution in [3.8, 4) is 0 Å². The van der Waals surface area contributed by atoms with E-state index in [1.807, 2.05) is 6.08 Å². The van der Waals surface area contributed by atoms with E-state index in [1.54, 1.807) is 6.08 Å². The van der Waals surface area contributed by atoms with Crippen LogP contribution in [-0.2, 0) is 14.3 Å². The van der Waals surface area contributed by atoms with E-state index >= 15 is 0 Å². The molecular weight excluding hydrogens is 755 g/mol. The summed E-state index contributed by atoms with van der Waals surface area (Å²) in [5.41, 5.74) is 0. The van der Waals surface area contributed by atoms with Crippen molar-refractivity contribution in [2.45, 2.75) is 302 Å². The van der Waals surface area contributed by atoms with Crippen LogP contribution in [0.4, 0.5) is 0 Å². The van der Waals surface area contributed by atoms with E-state index in [4.69, 9.17) is 4.74 Å². The summed E-state index contributed by atoms with van der Waals surface area (Å²) in [5, 5.41) is 23.0. The van der Waals surface area contributed by atoms with E-state index in [0.29, 0.717) is 19.4 Å². The third-order valence-corrected chi connectivity index (χ3v) is 12.5. The zero-order chi connectivity index (χ0) is 44.4. The number of esters is 1. The first-order valence-electron chi connectivity index (χ1n) is 27.1. The summed E-state index contributed by atoms with van der Waals surface area (Å²) in [6.45, 7) is 4.88. The number of unbranched alkanes of at least 4 members (excludes halogenated alkanes) is 37. The van der Waals surface area contributed by atoms with E-state index in [1.165, 1.54) is 218 Å². The molecule has 6 heteroatoms. The van der Waals surface area contributed by atoms with Gasteiger partial charge in [0.05, 0.1) is 25.4 Å². The summed E-state index contributed by atoms with van der Waals surface area (Å²) in [4.78, 5) is 24.4. The highest BCUT2D eigenvalue weighted by atomic mass is 16.5. The molecule has 61 heavy (non-hydrogen) atoms. The standard InChI is InChI=1S/C55H105NO5/c1-3-5-7-9-11-13-15-28-31-35-39-43-47-53(58)52(51-57)56-54(59)48-44-40-36-32-29-25-23-21-19-17-16-18-20-22-24-26-30-34-38-42-46-50-61-55(60)49-45-41-37-33-27-14-12-10-8-6-4-2/h17,19,43,47,52-53,57-58H,3-16,18,20-42,44-46,48-51H2,1-2H3,(H,56,59)/b19-17-,47-43+. The van der Waals surface area contributed by atoms with E-state index in [0.717, 1.165) is 44.9 Å². The minimum atomic E-state index is -0.847. The monoisotopic (exact) mass is 860 g/mol. The Morgan fingerprint density at radius 1 is 0.443 bits per heavy atom. The van der Waals surface area contributed by atoms with Crippen LogP contribution < -0.4 is 5.32 Å². The first-order valence-corrected chi connectivity index (χ1v) is 27.1. The fraction of sp³-hybridized carbons (Fsp3) is 0.891. The van der Waals surface area contributed by atoms with Gasteiger partial charge in [-0.3, -0.25) is 9.59 Å². The van der Waals surface area contributed by atoms with Gasteiger partial charge >= 0.3 is 5.97 Å². The quantitative estimate of drug-likeness (QED) is 0.0322. The number of nitrogens with one attached hydrogen (secondary N) is 1. The van der Waals surface area contributed by atoms with Crippen LogP contribution >= 0.6 is 0 Å². The second kappa shape index (κ2) is 51.0. The number of aliphatic hydroxyl groups excluding tert-OH is 2. The van der Waals surface area contributed by atoms with Crippen LogP contribution in [0, 0.1) is 0 Å². The molecule has 0 aliphatic heterocycles. The van der Waals surface area contributed by atoms with E-state index < -0.39 is 12.1 Å². The van der Waals surface area contributed by atoms with Gasteiger partial charge in [0.2, 0.25) is 5.91 Å². The van der Waals surface area contributed by atoms with E-state index in [-0.39, 0.29) is 18.5 Å². The topological polar surface area (TPSA) is 95.9 Å². The molecule has 2 unspecified atom stereocenters. The van der Waals surface area contributed by atoms with Crippen molar-refractivity contribution in [3.63, 3.8) is 0 Å². The first-order chi connectivity index (χ1) is 30.0. The summed E-state index contributed by atoms with van der Waals surface area (Å²) < 4.78 is 5.45. The number of carbonyl (C=O) groups excluding carboxylic acids is 2. The van der Waals surface area contributed by atoms with Gasteiger partial charge in [-0.2, -0.15) is 0 Å². The molecule has 3 N–H and O–H groups in total. The number of aliphatic hydroxyl groups is 2. The van der Waals surface area contributed by atoms with Gasteiger partial charge in [-0.1, -0.05) is 244 Å². The highest BCUT2D eigenvalue weighted by Gasteiger charge is 2.18. The molecule has 0 radical (unpaired) electrons. The number of amides is 1. The maximum absolute atomic E-state index is 12.4. The number of ether oxygens (including phenoxy) is 1. The molecule has 0 bridgehead atoms. The maximum atomic E-state index is 12.4. The molecule has 1 amide bonds. The average molecular weight is 860 g/mol. The van der Waals surface area contributed by atoms with Crippen molar-refractivity contribution >= 4 is 11.9 Å². The van der Waals surface area contributed by atoms with Crippen molar-refractivity contribution in [1.82, 2.24) is 5.32 Å². The molecule has 0 saturated heterocycles. The Morgan fingerprint density at radius 2 is 0.770 bits per heavy atom. The molecule has 360 valence electrons. The predicted octanol–water partition coefficient (Wildman–Crippen LogP) is 16.3. The van der Waals surface area contributed by atoms with Crippen molar-refractivity contribution in [2.24, 2.45) is 0 Å². The molecule has 0 aromatic rings. The van der Waals surface area contributed by atoms with E-state index in [2.05, 4.69) is 31.3 Å². The fourth-order valence-corrected chi connectivity index (χ4v) is 8.27. The largest absolute Gasteiger partial charge is 0.466 e. The predicted molar refractivity (Wildman–Crippen MR) is 264 cm³/mol. The molecule has 6 nitrogen and oxygen atoms in total. The molecule has 0 heterocycles. The lowest BCUT2D eigenvalue weighted by Crippen LogP contribution is -2.45. The lowest BCUT2D eigenvalue weighted by atomic mass is 10.0. The SMILES string of the molecule is CCCCCCCCCCCC/C=C/C(O)C(CO)NC(=O)CCCCCCCCC/C=C\CCCCCCCCCCCCOC(=O)CCCCCCCCCCCCC. The van der Waals surface area contributed by atoms with Crippen LogP contribution in [0.15, 0.2) is 24.3 Å². The summed E-state index contributed by atoms with van der Waals surface area (Å²) in [6, 6.07) is -0.632. The Labute approximate surface area is 380 Å². The Bertz CT molecular complexity index is 951. The summed E-state index contributed by atoms with van der Waals surface area (Å²) in [7, 11) is 0. The highest BCUT2D eigenvalue weighted by Crippen LogP contribution is 2.16. The van der Waals surface area contributed by atoms with Crippen molar-refractivity contribution in [1.29, 1.82) is 0 Å². The number of carbonyl (C=O) groups is 2. The van der Waals surface area contributed by atoms with Gasteiger partial charge in [0, 0.05) is 12.8 Å². The molecule has 0 spiro atoms. The summed E-state index contributed by atoms with van der Waals surface area (Å²) in [5.74, 6) is -0.0694. The lowest BCUT2D eigenvalue weighted by Gasteiger charge is -2.20. The van der Waals surface area contributed by atoms with Crippen molar-refractivity contribution in [3.05, 3.63) is 24.3 Å². The Hall–Kier alpha value is -1.66. The van der Waals surface area contributed by atoms with Gasteiger partial charge in [-0.25, -0.2) is 0 Å². The first kappa shape index (κ1) is 59.3. The van der Waals surface area contributed by atoms with Crippen molar-refractivity contribution < 1.29 is 24.5 Å². The normalized spacial score (nSPS) is 12.8. The second-order valence-corrected chi connectivity index (χ2v) is 18.6. The Morgan fingerprint density at radius 3 is 1.16 bits per heavy atom. The summed E-state index contributed by atoms with van der Waals surface area (Å²) >= 11 is 0. The molecule has 0 fully saturated rings. The molecule has 0 aromatic heterocycles. The van der Waals surface area contributed by atoms with Crippen LogP contribution in [0.3, 0.4) is 0 Å². The molecule has 0 aromatic carbocycles. The van der Waals surface area contributed by atoms with Gasteiger partial charge in [-0.05, 0) is 57.8 Å². The molecule has 0 saturated carbocycles. The molecule has 0 aliphatic carbocycles. The number of hydrogen-bond donors (Lipinski definition) is 3. The second-order valence-electron chi connectivity index (χ2n) is 18.6. The molecule has 0 aliphatic rings. The minimum Gasteiger partial charge on any atom is -0.466 e. The van der Waals surface area contributed by atoms with Gasteiger partial charge < -0.3 is 20.3 Å².